The standard InChI is InChI=1S/C23H19BrCl2N4O3/c24-14-5-11-1-2-12(6-15(11)29-21(14)26)17-8-23(9-33-17)7-16(18(31)19(23)32)30-4-3-13-20(25)27-10-28-22(13)30/h1-6,10,16-19,31-32H,7-9H2/t16-,17+,18+,19+,23-/m1/s1. The van der Waals surface area contributed by atoms with Gasteiger partial charge in [0, 0.05) is 17.0 Å². The van der Waals surface area contributed by atoms with Gasteiger partial charge in [-0.15, -0.1) is 0 Å². The van der Waals surface area contributed by atoms with Crippen LogP contribution in [-0.4, -0.2) is 48.5 Å². The fourth-order valence-corrected chi connectivity index (χ4v) is 6.02. The zero-order valence-electron chi connectivity index (χ0n) is 17.2. The first kappa shape index (κ1) is 21.7. The third kappa shape index (κ3) is 3.38. The molecule has 7 nitrogen and oxygen atoms in total. The number of hydrogen-bond acceptors (Lipinski definition) is 6. The number of hydrogen-bond donors (Lipinski definition) is 2. The lowest BCUT2D eigenvalue weighted by atomic mass is 9.80. The van der Waals surface area contributed by atoms with E-state index in [1.807, 2.05) is 41.1 Å². The van der Waals surface area contributed by atoms with Crippen LogP contribution in [0.5, 0.6) is 0 Å². The van der Waals surface area contributed by atoms with Crippen LogP contribution in [0.2, 0.25) is 10.3 Å². The summed E-state index contributed by atoms with van der Waals surface area (Å²) < 4.78 is 8.81. The number of aromatic nitrogens is 4. The molecule has 33 heavy (non-hydrogen) atoms. The maximum absolute atomic E-state index is 11.1. The Morgan fingerprint density at radius 2 is 1.94 bits per heavy atom. The van der Waals surface area contributed by atoms with E-state index < -0.39 is 17.6 Å². The molecule has 1 aliphatic carbocycles. The van der Waals surface area contributed by atoms with Gasteiger partial charge < -0.3 is 19.5 Å². The minimum Gasteiger partial charge on any atom is -0.390 e. The third-order valence-electron chi connectivity index (χ3n) is 7.07. The molecule has 6 rings (SSSR count). The summed E-state index contributed by atoms with van der Waals surface area (Å²) in [6, 6.07) is 9.41. The Bertz CT molecular complexity index is 1400. The molecular formula is C23H19BrCl2N4O3. The molecule has 5 atom stereocenters. The van der Waals surface area contributed by atoms with Crippen molar-refractivity contribution in [3.05, 3.63) is 63.2 Å². The number of aliphatic hydroxyl groups is 2. The first-order chi connectivity index (χ1) is 15.9. The van der Waals surface area contributed by atoms with E-state index in [-0.39, 0.29) is 12.1 Å². The molecule has 3 aromatic heterocycles. The molecule has 0 amide bonds. The molecule has 2 N–H and O–H groups in total. The van der Waals surface area contributed by atoms with E-state index in [0.717, 1.165) is 26.3 Å². The second kappa shape index (κ2) is 7.86. The second-order valence-corrected chi connectivity index (χ2v) is 10.5. The highest BCUT2D eigenvalue weighted by Crippen LogP contribution is 2.55. The first-order valence-electron chi connectivity index (χ1n) is 10.6. The van der Waals surface area contributed by atoms with Crippen LogP contribution in [0.1, 0.15) is 30.6 Å². The van der Waals surface area contributed by atoms with Gasteiger partial charge in [-0.1, -0.05) is 35.3 Å². The van der Waals surface area contributed by atoms with E-state index >= 15 is 0 Å². The number of pyridine rings is 1. The van der Waals surface area contributed by atoms with Gasteiger partial charge in [0.1, 0.15) is 28.4 Å². The average Bonchev–Trinajstić information content (AvgIpc) is 3.48. The van der Waals surface area contributed by atoms with Gasteiger partial charge in [-0.25, -0.2) is 15.0 Å². The minimum absolute atomic E-state index is 0.211. The summed E-state index contributed by atoms with van der Waals surface area (Å²) in [7, 11) is 0. The quantitative estimate of drug-likeness (QED) is 0.274. The van der Waals surface area contributed by atoms with Gasteiger partial charge in [0.25, 0.3) is 0 Å². The molecular weight excluding hydrogens is 531 g/mol. The Labute approximate surface area is 207 Å². The van der Waals surface area contributed by atoms with Gasteiger partial charge in [-0.2, -0.15) is 0 Å². The van der Waals surface area contributed by atoms with Crippen LogP contribution in [-0.2, 0) is 4.74 Å². The van der Waals surface area contributed by atoms with Crippen LogP contribution in [0.4, 0.5) is 0 Å². The van der Waals surface area contributed by atoms with Crippen LogP contribution in [0.15, 0.2) is 47.3 Å². The highest BCUT2D eigenvalue weighted by Gasteiger charge is 2.57. The van der Waals surface area contributed by atoms with Gasteiger partial charge in [0.05, 0.1) is 40.2 Å². The molecule has 170 valence electrons. The molecule has 10 heteroatoms. The van der Waals surface area contributed by atoms with E-state index in [1.165, 1.54) is 6.33 Å². The predicted octanol–water partition coefficient (Wildman–Crippen LogP) is 4.86. The monoisotopic (exact) mass is 548 g/mol. The van der Waals surface area contributed by atoms with E-state index in [1.54, 1.807) is 0 Å². The van der Waals surface area contributed by atoms with Crippen LogP contribution in [0, 0.1) is 5.41 Å². The maximum atomic E-state index is 11.1. The maximum Gasteiger partial charge on any atom is 0.145 e. The van der Waals surface area contributed by atoms with Gasteiger partial charge in [-0.3, -0.25) is 0 Å². The number of rotatable bonds is 2. The lowest BCUT2D eigenvalue weighted by molar-refractivity contribution is -0.0309. The Morgan fingerprint density at radius 1 is 1.09 bits per heavy atom. The van der Waals surface area contributed by atoms with Gasteiger partial charge in [-0.05, 0) is 52.5 Å². The molecule has 4 aromatic rings. The van der Waals surface area contributed by atoms with Gasteiger partial charge in [0.15, 0.2) is 0 Å². The van der Waals surface area contributed by atoms with E-state index in [4.69, 9.17) is 27.9 Å². The van der Waals surface area contributed by atoms with Crippen molar-refractivity contribution in [1.82, 2.24) is 19.5 Å². The number of halogens is 3. The fourth-order valence-electron chi connectivity index (χ4n) is 5.35. The summed E-state index contributed by atoms with van der Waals surface area (Å²) in [5.41, 5.74) is 1.83. The third-order valence-corrected chi connectivity index (χ3v) is 8.49. The number of nitrogens with zero attached hydrogens (tertiary/aromatic N) is 4. The topological polar surface area (TPSA) is 93.3 Å². The van der Waals surface area contributed by atoms with Crippen LogP contribution in [0.25, 0.3) is 21.9 Å². The molecule has 1 aromatic carbocycles. The first-order valence-corrected chi connectivity index (χ1v) is 12.1. The lowest BCUT2D eigenvalue weighted by Gasteiger charge is -2.26. The largest absolute Gasteiger partial charge is 0.390 e. The summed E-state index contributed by atoms with van der Waals surface area (Å²) in [4.78, 5) is 12.8. The molecule has 2 aliphatic rings. The molecule has 1 aliphatic heterocycles. The molecule has 2 fully saturated rings. The molecule has 0 radical (unpaired) electrons. The van der Waals surface area contributed by atoms with Crippen molar-refractivity contribution in [3.63, 3.8) is 0 Å². The molecule has 0 bridgehead atoms. The molecule has 1 saturated carbocycles. The number of benzene rings is 1. The summed E-state index contributed by atoms with van der Waals surface area (Å²) >= 11 is 15.8. The second-order valence-electron chi connectivity index (χ2n) is 8.91. The normalized spacial score (nSPS) is 29.6. The highest BCUT2D eigenvalue weighted by molar-refractivity contribution is 9.10. The van der Waals surface area contributed by atoms with Crippen molar-refractivity contribution >= 4 is 61.1 Å². The molecule has 4 heterocycles. The SMILES string of the molecule is O[C@H]1[C@H](n2ccc3c(Cl)ncnc32)C[C@@]2(CO[C@H](c3ccc4cc(Br)c(Cl)nc4c3)C2)[C@H]1O. The number of aliphatic hydroxyl groups excluding tert-OH is 2. The average molecular weight is 550 g/mol. The van der Waals surface area contributed by atoms with E-state index in [9.17, 15) is 10.2 Å². The van der Waals surface area contributed by atoms with Crippen molar-refractivity contribution < 1.29 is 14.9 Å². The highest BCUT2D eigenvalue weighted by atomic mass is 79.9. The number of fused-ring (bicyclic) bond motifs is 2. The van der Waals surface area contributed by atoms with Gasteiger partial charge in [0.2, 0.25) is 0 Å². The molecule has 0 unspecified atom stereocenters. The molecule has 1 spiro atoms. The van der Waals surface area contributed by atoms with Crippen LogP contribution < -0.4 is 0 Å². The zero-order valence-corrected chi connectivity index (χ0v) is 20.3. The minimum atomic E-state index is -0.953. The van der Waals surface area contributed by atoms with Crippen molar-refractivity contribution in [1.29, 1.82) is 0 Å². The number of ether oxygens (including phenoxy) is 1. The smallest absolute Gasteiger partial charge is 0.145 e. The van der Waals surface area contributed by atoms with Crippen molar-refractivity contribution in [3.8, 4) is 0 Å². The predicted molar refractivity (Wildman–Crippen MR) is 128 cm³/mol. The lowest BCUT2D eigenvalue weighted by Crippen LogP contribution is -2.37. The van der Waals surface area contributed by atoms with Crippen molar-refractivity contribution in [2.24, 2.45) is 5.41 Å². The van der Waals surface area contributed by atoms with E-state index in [2.05, 4.69) is 30.9 Å². The van der Waals surface area contributed by atoms with E-state index in [0.29, 0.717) is 35.4 Å². The van der Waals surface area contributed by atoms with Gasteiger partial charge >= 0.3 is 0 Å². The van der Waals surface area contributed by atoms with Crippen LogP contribution >= 0.6 is 39.1 Å². The summed E-state index contributed by atoms with van der Waals surface area (Å²) in [5, 5.41) is 24.6. The Kier molecular flexibility index (Phi) is 5.17. The Balaban J connectivity index is 1.30. The Hall–Kier alpha value is -1.81. The van der Waals surface area contributed by atoms with Crippen LogP contribution in [0.3, 0.4) is 0 Å². The van der Waals surface area contributed by atoms with Crippen molar-refractivity contribution in [2.75, 3.05) is 6.61 Å². The Morgan fingerprint density at radius 3 is 2.79 bits per heavy atom. The summed E-state index contributed by atoms with van der Waals surface area (Å²) in [6.07, 6.45) is 2.31. The fraction of sp³-hybridized carbons (Fsp3) is 0.348. The molecule has 1 saturated heterocycles. The summed E-state index contributed by atoms with van der Waals surface area (Å²) in [5.74, 6) is 0. The zero-order chi connectivity index (χ0) is 22.9. The summed E-state index contributed by atoms with van der Waals surface area (Å²) in [6.45, 7) is 0.355. The van der Waals surface area contributed by atoms with Crippen molar-refractivity contribution in [2.45, 2.75) is 37.2 Å².